The molecule has 130 valence electrons. The van der Waals surface area contributed by atoms with Crippen molar-refractivity contribution in [2.75, 3.05) is 0 Å². The number of hydrogen-bond donors (Lipinski definition) is 0. The molecule has 0 N–H and O–H groups in total. The van der Waals surface area contributed by atoms with Gasteiger partial charge in [-0.3, -0.25) is 0 Å². The third kappa shape index (κ3) is 4.36. The molecule has 0 saturated carbocycles. The molecule has 7 heteroatoms. The van der Waals surface area contributed by atoms with Crippen molar-refractivity contribution in [3.8, 4) is 11.5 Å². The van der Waals surface area contributed by atoms with Crippen LogP contribution in [0, 0.1) is 0 Å². The summed E-state index contributed by atoms with van der Waals surface area (Å²) in [6, 6.07) is 7.43. The van der Waals surface area contributed by atoms with Crippen molar-refractivity contribution in [3.05, 3.63) is 71.6 Å². The number of halogens is 2. The zero-order valence-corrected chi connectivity index (χ0v) is 14.3. The topological polar surface area (TPSA) is 42.2 Å². The first-order valence-electron chi connectivity index (χ1n) is 7.80. The van der Waals surface area contributed by atoms with E-state index in [0.717, 1.165) is 24.1 Å². The zero-order valence-electron chi connectivity index (χ0n) is 13.4. The van der Waals surface area contributed by atoms with Crippen molar-refractivity contribution in [1.82, 2.24) is 14.5 Å². The Labute approximate surface area is 149 Å². The normalized spacial score (nSPS) is 13.8. The molecular formula is C18H17F2N3OS. The van der Waals surface area contributed by atoms with Gasteiger partial charge in [-0.2, -0.15) is 8.78 Å². The van der Waals surface area contributed by atoms with E-state index in [1.165, 1.54) is 11.9 Å². The number of aromatic nitrogens is 2. The van der Waals surface area contributed by atoms with Crippen molar-refractivity contribution >= 4 is 11.9 Å². The first-order chi connectivity index (χ1) is 12.2. The molecule has 0 saturated heterocycles. The molecule has 1 aliphatic carbocycles. The van der Waals surface area contributed by atoms with Gasteiger partial charge in [0, 0.05) is 11.3 Å². The highest BCUT2D eigenvalue weighted by Crippen LogP contribution is 2.27. The number of nitrogens with zero attached hydrogens (tertiary/aromatic N) is 3. The maximum Gasteiger partial charge on any atom is 0.314 e. The molecule has 3 rings (SSSR count). The van der Waals surface area contributed by atoms with E-state index >= 15 is 0 Å². The number of hydrogen-bond acceptors (Lipinski definition) is 5. The molecule has 1 aromatic carbocycles. The summed E-state index contributed by atoms with van der Waals surface area (Å²) in [5.74, 6) is -0.569. The number of allylic oxidation sites excluding steroid dienone is 3. The highest BCUT2D eigenvalue weighted by atomic mass is 32.2. The van der Waals surface area contributed by atoms with E-state index in [1.807, 2.05) is 12.1 Å². The Kier molecular flexibility index (Phi) is 5.65. The summed E-state index contributed by atoms with van der Waals surface area (Å²) < 4.78 is 32.2. The Hall–Kier alpha value is -2.41. The Morgan fingerprint density at radius 1 is 1.24 bits per heavy atom. The van der Waals surface area contributed by atoms with Crippen molar-refractivity contribution in [3.63, 3.8) is 0 Å². The molecule has 0 aliphatic heterocycles. The SMILES string of the molecule is C=CSN(Cc1ccc(-c2nnc(C(F)F)o2)cc1)C1=CCCC=C1. The van der Waals surface area contributed by atoms with Gasteiger partial charge >= 0.3 is 6.43 Å². The molecule has 25 heavy (non-hydrogen) atoms. The fourth-order valence-corrected chi connectivity index (χ4v) is 3.08. The lowest BCUT2D eigenvalue weighted by atomic mass is 10.1. The molecule has 0 atom stereocenters. The Balaban J connectivity index is 1.73. The quantitative estimate of drug-likeness (QED) is 0.609. The van der Waals surface area contributed by atoms with Gasteiger partial charge in [-0.1, -0.05) is 30.9 Å². The highest BCUT2D eigenvalue weighted by Gasteiger charge is 2.17. The third-order valence-electron chi connectivity index (χ3n) is 3.62. The maximum absolute atomic E-state index is 12.5. The Bertz CT molecular complexity index is 784. The van der Waals surface area contributed by atoms with Crippen LogP contribution >= 0.6 is 11.9 Å². The van der Waals surface area contributed by atoms with E-state index in [2.05, 4.69) is 39.3 Å². The van der Waals surface area contributed by atoms with Crippen LogP contribution in [0.25, 0.3) is 11.5 Å². The van der Waals surface area contributed by atoms with Gasteiger partial charge in [0.15, 0.2) is 0 Å². The average Bonchev–Trinajstić information content (AvgIpc) is 3.13. The number of rotatable bonds is 7. The van der Waals surface area contributed by atoms with Crippen molar-refractivity contribution < 1.29 is 13.2 Å². The van der Waals surface area contributed by atoms with E-state index in [-0.39, 0.29) is 5.89 Å². The first-order valence-corrected chi connectivity index (χ1v) is 8.64. The Morgan fingerprint density at radius 3 is 2.64 bits per heavy atom. The molecule has 1 aliphatic rings. The molecule has 0 amide bonds. The summed E-state index contributed by atoms with van der Waals surface area (Å²) in [6.07, 6.45) is 5.80. The lowest BCUT2D eigenvalue weighted by molar-refractivity contribution is 0.116. The summed E-state index contributed by atoms with van der Waals surface area (Å²) in [7, 11) is 0. The van der Waals surface area contributed by atoms with Crippen molar-refractivity contribution in [2.45, 2.75) is 25.8 Å². The van der Waals surface area contributed by atoms with Crippen LogP contribution in [-0.2, 0) is 6.54 Å². The molecule has 2 aromatic rings. The molecule has 0 fully saturated rings. The molecule has 0 bridgehead atoms. The van der Waals surface area contributed by atoms with Gasteiger partial charge in [-0.05, 0) is 54.0 Å². The minimum atomic E-state index is -2.76. The fourth-order valence-electron chi connectivity index (χ4n) is 2.42. The summed E-state index contributed by atoms with van der Waals surface area (Å²) in [5, 5.41) is 8.80. The predicted octanol–water partition coefficient (Wildman–Crippen LogP) is 5.50. The Morgan fingerprint density at radius 2 is 2.04 bits per heavy atom. The van der Waals surface area contributed by atoms with Gasteiger partial charge in [0.2, 0.25) is 5.89 Å². The molecule has 0 spiro atoms. The largest absolute Gasteiger partial charge is 0.415 e. The van der Waals surface area contributed by atoms with E-state index in [1.54, 1.807) is 17.5 Å². The molecule has 1 heterocycles. The summed E-state index contributed by atoms with van der Waals surface area (Å²) in [4.78, 5) is 0. The van der Waals surface area contributed by atoms with Gasteiger partial charge in [-0.15, -0.1) is 10.2 Å². The average molecular weight is 361 g/mol. The lowest BCUT2D eigenvalue weighted by Gasteiger charge is -2.24. The van der Waals surface area contributed by atoms with Crippen molar-refractivity contribution in [1.29, 1.82) is 0 Å². The van der Waals surface area contributed by atoms with E-state index in [4.69, 9.17) is 4.42 Å². The summed E-state index contributed by atoms with van der Waals surface area (Å²) in [5.41, 5.74) is 2.84. The van der Waals surface area contributed by atoms with E-state index in [0.29, 0.717) is 12.1 Å². The minimum Gasteiger partial charge on any atom is -0.415 e. The second-order valence-corrected chi connectivity index (χ2v) is 6.35. The monoisotopic (exact) mass is 361 g/mol. The van der Waals surface area contributed by atoms with Gasteiger partial charge < -0.3 is 8.72 Å². The standard InChI is InChI=1S/C18H17F2N3OS/c1-2-25-23(15-6-4-3-5-7-15)12-13-8-10-14(11-9-13)17-21-22-18(24-17)16(19)20/h2,4,6-11,16H,1,3,5,12H2. The lowest BCUT2D eigenvalue weighted by Crippen LogP contribution is -2.13. The van der Waals surface area contributed by atoms with Gasteiger partial charge in [0.25, 0.3) is 5.89 Å². The summed E-state index contributed by atoms with van der Waals surface area (Å²) >= 11 is 1.54. The van der Waals surface area contributed by atoms with Gasteiger partial charge in [-0.25, -0.2) is 0 Å². The minimum absolute atomic E-state index is 0.0945. The van der Waals surface area contributed by atoms with Crippen molar-refractivity contribution in [2.24, 2.45) is 0 Å². The molecule has 0 radical (unpaired) electrons. The van der Waals surface area contributed by atoms with Crippen LogP contribution in [0.1, 0.15) is 30.7 Å². The fraction of sp³-hybridized carbons (Fsp3) is 0.222. The second-order valence-electron chi connectivity index (χ2n) is 5.36. The zero-order chi connectivity index (χ0) is 17.6. The first kappa shape index (κ1) is 17.4. The molecule has 0 unspecified atom stereocenters. The van der Waals surface area contributed by atoms with E-state index in [9.17, 15) is 8.78 Å². The summed E-state index contributed by atoms with van der Waals surface area (Å²) in [6.45, 7) is 4.48. The van der Waals surface area contributed by atoms with Gasteiger partial charge in [0.05, 0.1) is 6.54 Å². The molecule has 4 nitrogen and oxygen atoms in total. The van der Waals surface area contributed by atoms with Crippen LogP contribution < -0.4 is 0 Å². The molecular weight excluding hydrogens is 344 g/mol. The van der Waals surface area contributed by atoms with Crippen LogP contribution in [0.3, 0.4) is 0 Å². The van der Waals surface area contributed by atoms with Crippen LogP contribution in [0.15, 0.2) is 64.6 Å². The van der Waals surface area contributed by atoms with Crippen LogP contribution in [0.4, 0.5) is 8.78 Å². The maximum atomic E-state index is 12.5. The predicted molar refractivity (Wildman–Crippen MR) is 94.5 cm³/mol. The second kappa shape index (κ2) is 8.11. The van der Waals surface area contributed by atoms with Crippen LogP contribution in [0.5, 0.6) is 0 Å². The molecule has 1 aromatic heterocycles. The van der Waals surface area contributed by atoms with E-state index < -0.39 is 12.3 Å². The third-order valence-corrected chi connectivity index (χ3v) is 4.36. The number of benzene rings is 1. The van der Waals surface area contributed by atoms with Crippen LogP contribution in [0.2, 0.25) is 0 Å². The van der Waals surface area contributed by atoms with Crippen LogP contribution in [-0.4, -0.2) is 14.5 Å². The van der Waals surface area contributed by atoms with Gasteiger partial charge in [0.1, 0.15) is 0 Å². The smallest absolute Gasteiger partial charge is 0.314 e. The number of alkyl halides is 2. The highest BCUT2D eigenvalue weighted by molar-refractivity contribution is 7.99.